The summed E-state index contributed by atoms with van der Waals surface area (Å²) in [6, 6.07) is 10.1. The second-order valence-electron chi connectivity index (χ2n) is 6.20. The van der Waals surface area contributed by atoms with Crippen LogP contribution in [0.25, 0.3) is 10.4 Å². The molecule has 0 radical (unpaired) electrons. The molecule has 1 aliphatic rings. The third-order valence-electron chi connectivity index (χ3n) is 4.50. The van der Waals surface area contributed by atoms with Crippen molar-refractivity contribution in [1.29, 1.82) is 0 Å². The third kappa shape index (κ3) is 3.33. The summed E-state index contributed by atoms with van der Waals surface area (Å²) >= 11 is 1.49. The van der Waals surface area contributed by atoms with E-state index >= 15 is 0 Å². The van der Waals surface area contributed by atoms with Crippen LogP contribution in [0, 0.1) is 5.92 Å². The first kappa shape index (κ1) is 16.0. The normalized spacial score (nSPS) is 19.9. The second-order valence-corrected chi connectivity index (χ2v) is 7.23. The minimum Gasteiger partial charge on any atom is -0.315 e. The largest absolute Gasteiger partial charge is 0.315 e. The van der Waals surface area contributed by atoms with Gasteiger partial charge in [-0.3, -0.25) is 9.48 Å². The predicted molar refractivity (Wildman–Crippen MR) is 98.5 cm³/mol. The molecule has 0 spiro atoms. The Bertz CT molecular complexity index is 872. The van der Waals surface area contributed by atoms with Crippen molar-refractivity contribution in [2.75, 3.05) is 18.4 Å². The summed E-state index contributed by atoms with van der Waals surface area (Å²) in [6.45, 7) is 1.46. The van der Waals surface area contributed by atoms with Gasteiger partial charge in [-0.1, -0.05) is 41.7 Å². The number of hydrogen-bond acceptors (Lipinski definition) is 5. The van der Waals surface area contributed by atoms with Gasteiger partial charge < -0.3 is 10.6 Å². The van der Waals surface area contributed by atoms with E-state index < -0.39 is 0 Å². The number of hydrogen-bond donors (Lipinski definition) is 2. The molecular formula is C18H19N5OS. The zero-order chi connectivity index (χ0) is 17.2. The van der Waals surface area contributed by atoms with Gasteiger partial charge in [-0.2, -0.15) is 5.10 Å². The summed E-state index contributed by atoms with van der Waals surface area (Å²) in [5, 5.41) is 11.2. The lowest BCUT2D eigenvalue weighted by molar-refractivity contribution is -0.119. The van der Waals surface area contributed by atoms with Crippen molar-refractivity contribution < 1.29 is 4.79 Å². The molecule has 7 heteroatoms. The van der Waals surface area contributed by atoms with Crippen molar-refractivity contribution in [3.8, 4) is 10.4 Å². The number of anilines is 1. The fourth-order valence-corrected chi connectivity index (χ4v) is 4.03. The molecule has 2 N–H and O–H groups in total. The first-order valence-electron chi connectivity index (χ1n) is 8.22. The van der Waals surface area contributed by atoms with E-state index in [0.29, 0.717) is 11.7 Å². The topological polar surface area (TPSA) is 71.8 Å². The number of carbonyl (C=O) groups is 1. The van der Waals surface area contributed by atoms with Gasteiger partial charge in [-0.05, 0) is 11.1 Å². The molecule has 3 heterocycles. The minimum absolute atomic E-state index is 0.00724. The molecule has 1 aromatic carbocycles. The summed E-state index contributed by atoms with van der Waals surface area (Å²) in [4.78, 5) is 18.1. The van der Waals surface area contributed by atoms with Crippen molar-refractivity contribution in [1.82, 2.24) is 20.1 Å². The highest BCUT2D eigenvalue weighted by Crippen LogP contribution is 2.31. The molecule has 0 saturated carbocycles. The summed E-state index contributed by atoms with van der Waals surface area (Å²) in [5.41, 5.74) is 2.20. The summed E-state index contributed by atoms with van der Waals surface area (Å²) in [5.74, 6) is 0.0309. The molecule has 3 aromatic rings. The summed E-state index contributed by atoms with van der Waals surface area (Å²) < 4.78 is 1.77. The molecule has 2 aromatic heterocycles. The van der Waals surface area contributed by atoms with Crippen molar-refractivity contribution >= 4 is 22.4 Å². The highest BCUT2D eigenvalue weighted by Gasteiger charge is 2.35. The molecule has 6 nitrogen and oxygen atoms in total. The molecule has 128 valence electrons. The number of rotatable bonds is 4. The number of amides is 1. The fourth-order valence-electron chi connectivity index (χ4n) is 3.20. The van der Waals surface area contributed by atoms with Crippen LogP contribution in [0.3, 0.4) is 0 Å². The van der Waals surface area contributed by atoms with E-state index in [4.69, 9.17) is 0 Å². The van der Waals surface area contributed by atoms with Gasteiger partial charge in [0.1, 0.15) is 0 Å². The van der Waals surface area contributed by atoms with Crippen LogP contribution in [0.1, 0.15) is 11.5 Å². The first-order valence-corrected chi connectivity index (χ1v) is 9.04. The average molecular weight is 353 g/mol. The van der Waals surface area contributed by atoms with Crippen LogP contribution in [0.4, 0.5) is 5.13 Å². The van der Waals surface area contributed by atoms with Crippen LogP contribution >= 0.6 is 11.3 Å². The highest BCUT2D eigenvalue weighted by molar-refractivity contribution is 7.19. The van der Waals surface area contributed by atoms with E-state index in [1.807, 2.05) is 49.8 Å². The number of aromatic nitrogens is 3. The van der Waals surface area contributed by atoms with E-state index in [9.17, 15) is 4.79 Å². The number of thiazole rings is 1. The van der Waals surface area contributed by atoms with Gasteiger partial charge in [0.05, 0.1) is 17.0 Å². The van der Waals surface area contributed by atoms with Crippen LogP contribution in [-0.2, 0) is 11.8 Å². The van der Waals surface area contributed by atoms with Gasteiger partial charge in [0.25, 0.3) is 0 Å². The summed E-state index contributed by atoms with van der Waals surface area (Å²) in [6.07, 6.45) is 5.63. The molecule has 0 aliphatic carbocycles. The van der Waals surface area contributed by atoms with Gasteiger partial charge in [0, 0.05) is 38.4 Å². The van der Waals surface area contributed by atoms with E-state index in [1.54, 1.807) is 10.9 Å². The van der Waals surface area contributed by atoms with E-state index in [0.717, 1.165) is 22.5 Å². The van der Waals surface area contributed by atoms with Gasteiger partial charge in [0.2, 0.25) is 5.91 Å². The van der Waals surface area contributed by atoms with Crippen LogP contribution in [-0.4, -0.2) is 33.8 Å². The lowest BCUT2D eigenvalue weighted by Gasteiger charge is -2.15. The van der Waals surface area contributed by atoms with Gasteiger partial charge in [0.15, 0.2) is 5.13 Å². The van der Waals surface area contributed by atoms with Crippen molar-refractivity contribution in [2.24, 2.45) is 13.0 Å². The zero-order valence-corrected chi connectivity index (χ0v) is 14.7. The minimum atomic E-state index is -0.117. The van der Waals surface area contributed by atoms with Gasteiger partial charge >= 0.3 is 0 Å². The molecule has 25 heavy (non-hydrogen) atoms. The smallest absolute Gasteiger partial charge is 0.231 e. The summed E-state index contributed by atoms with van der Waals surface area (Å²) in [7, 11) is 1.89. The number of nitrogens with zero attached hydrogens (tertiary/aromatic N) is 3. The van der Waals surface area contributed by atoms with E-state index in [2.05, 4.69) is 20.7 Å². The highest BCUT2D eigenvalue weighted by atomic mass is 32.1. The molecular weight excluding hydrogens is 334 g/mol. The van der Waals surface area contributed by atoms with Crippen LogP contribution < -0.4 is 10.6 Å². The van der Waals surface area contributed by atoms with Crippen LogP contribution in [0.5, 0.6) is 0 Å². The molecule has 1 amide bonds. The molecule has 4 rings (SSSR count). The monoisotopic (exact) mass is 353 g/mol. The Labute approximate surface area is 149 Å². The van der Waals surface area contributed by atoms with Crippen molar-refractivity contribution in [3.63, 3.8) is 0 Å². The van der Waals surface area contributed by atoms with Crippen LogP contribution in [0.15, 0.2) is 48.9 Å². The molecule has 1 aliphatic heterocycles. The lowest BCUT2D eigenvalue weighted by Crippen LogP contribution is -2.27. The Balaban J connectivity index is 1.47. The SMILES string of the molecule is Cn1cc([C@H]2CNC[C@@H]2C(=O)Nc2ncc(-c3ccccc3)s2)cn1. The molecule has 2 atom stereocenters. The number of carbonyl (C=O) groups excluding carboxylic acids is 1. The number of aryl methyl sites for hydroxylation is 1. The van der Waals surface area contributed by atoms with Crippen molar-refractivity contribution in [2.45, 2.75) is 5.92 Å². The first-order chi connectivity index (χ1) is 12.2. The van der Waals surface area contributed by atoms with Crippen molar-refractivity contribution in [3.05, 3.63) is 54.5 Å². The Morgan fingerprint density at radius 3 is 2.88 bits per heavy atom. The number of nitrogens with one attached hydrogen (secondary N) is 2. The van der Waals surface area contributed by atoms with Crippen LogP contribution in [0.2, 0.25) is 0 Å². The number of benzene rings is 1. The average Bonchev–Trinajstić information content (AvgIpc) is 3.35. The maximum Gasteiger partial charge on any atom is 0.231 e. The van der Waals surface area contributed by atoms with E-state index in [-0.39, 0.29) is 17.7 Å². The standard InChI is InChI=1S/C18H19N5OS/c1-23-11-13(7-21-23)14-8-19-9-15(14)17(24)22-18-20-10-16(25-18)12-5-3-2-4-6-12/h2-7,10-11,14-15,19H,8-9H2,1H3,(H,20,22,24)/t14-,15+/m1/s1. The molecule has 1 saturated heterocycles. The Morgan fingerprint density at radius 1 is 1.28 bits per heavy atom. The Morgan fingerprint density at radius 2 is 2.12 bits per heavy atom. The maximum atomic E-state index is 12.7. The Hall–Kier alpha value is -2.51. The van der Waals surface area contributed by atoms with E-state index in [1.165, 1.54) is 11.3 Å². The zero-order valence-electron chi connectivity index (χ0n) is 13.8. The maximum absolute atomic E-state index is 12.7. The second kappa shape index (κ2) is 6.78. The Kier molecular flexibility index (Phi) is 4.33. The quantitative estimate of drug-likeness (QED) is 0.756. The molecule has 1 fully saturated rings. The fraction of sp³-hybridized carbons (Fsp3) is 0.278. The molecule has 0 bridgehead atoms. The molecule has 0 unspecified atom stereocenters. The van der Waals surface area contributed by atoms with Gasteiger partial charge in [-0.15, -0.1) is 0 Å². The predicted octanol–water partition coefficient (Wildman–Crippen LogP) is 2.49. The van der Waals surface area contributed by atoms with Gasteiger partial charge in [-0.25, -0.2) is 4.98 Å². The third-order valence-corrected chi connectivity index (χ3v) is 5.46. The lowest BCUT2D eigenvalue weighted by atomic mass is 9.90.